The Morgan fingerprint density at radius 2 is 1.85 bits per heavy atom. The van der Waals surface area contributed by atoms with Crippen LogP contribution in [0, 0.1) is 0 Å². The normalized spacial score (nSPS) is 11.0. The van der Waals surface area contributed by atoms with Crippen LogP contribution in [0.4, 0.5) is 0 Å². The Morgan fingerprint density at radius 1 is 1.31 bits per heavy atom. The summed E-state index contributed by atoms with van der Waals surface area (Å²) in [6.07, 6.45) is 0.381. The standard InChI is InChI=1S/C7H13NO4.ClH/c1-11-6(9)4-3-5(8)7(10)12-2;/h5H,3-4,8H2,1-2H3;1H. The number of carbonyl (C=O) groups is 2. The summed E-state index contributed by atoms with van der Waals surface area (Å²) in [4.78, 5) is 21.3. The van der Waals surface area contributed by atoms with Gasteiger partial charge in [0, 0.05) is 6.42 Å². The fourth-order valence-corrected chi connectivity index (χ4v) is 0.645. The second-order valence-corrected chi connectivity index (χ2v) is 2.24. The fourth-order valence-electron chi connectivity index (χ4n) is 0.645. The first-order chi connectivity index (χ1) is 5.61. The first-order valence-corrected chi connectivity index (χ1v) is 3.52. The van der Waals surface area contributed by atoms with E-state index in [0.29, 0.717) is 0 Å². The molecule has 0 saturated carbocycles. The summed E-state index contributed by atoms with van der Waals surface area (Å²) < 4.78 is 8.73. The number of hydrogen-bond acceptors (Lipinski definition) is 5. The second-order valence-electron chi connectivity index (χ2n) is 2.24. The van der Waals surface area contributed by atoms with Crippen molar-refractivity contribution >= 4 is 24.3 Å². The molecule has 0 aliphatic heterocycles. The van der Waals surface area contributed by atoms with E-state index in [4.69, 9.17) is 5.73 Å². The lowest BCUT2D eigenvalue weighted by molar-refractivity contribution is -0.143. The number of methoxy groups -OCH3 is 2. The summed E-state index contributed by atoms with van der Waals surface area (Å²) in [6.45, 7) is 0. The minimum atomic E-state index is -0.742. The molecule has 0 fully saturated rings. The molecule has 0 aromatic carbocycles. The van der Waals surface area contributed by atoms with Gasteiger partial charge in [0.1, 0.15) is 6.04 Å². The van der Waals surface area contributed by atoms with Gasteiger partial charge >= 0.3 is 11.9 Å². The topological polar surface area (TPSA) is 78.6 Å². The van der Waals surface area contributed by atoms with Gasteiger partial charge in [0.25, 0.3) is 0 Å². The van der Waals surface area contributed by atoms with E-state index in [9.17, 15) is 9.59 Å². The lowest BCUT2D eigenvalue weighted by atomic mass is 10.2. The van der Waals surface area contributed by atoms with Gasteiger partial charge in [-0.3, -0.25) is 9.59 Å². The molecule has 0 bridgehead atoms. The van der Waals surface area contributed by atoms with Crippen molar-refractivity contribution in [1.82, 2.24) is 0 Å². The van der Waals surface area contributed by atoms with Crippen LogP contribution < -0.4 is 5.73 Å². The highest BCUT2D eigenvalue weighted by Crippen LogP contribution is 1.97. The summed E-state index contributed by atoms with van der Waals surface area (Å²) in [5, 5.41) is 0. The molecule has 0 aliphatic carbocycles. The Morgan fingerprint density at radius 3 is 2.23 bits per heavy atom. The highest BCUT2D eigenvalue weighted by molar-refractivity contribution is 5.85. The SMILES string of the molecule is COC(=O)CCC(N)C(=O)OC.Cl. The van der Waals surface area contributed by atoms with Crippen molar-refractivity contribution in [2.24, 2.45) is 5.73 Å². The van der Waals surface area contributed by atoms with Crippen LogP contribution in [0.1, 0.15) is 12.8 Å². The summed E-state index contributed by atoms with van der Waals surface area (Å²) in [7, 11) is 2.53. The van der Waals surface area contributed by atoms with E-state index >= 15 is 0 Å². The third-order valence-electron chi connectivity index (χ3n) is 1.39. The number of rotatable bonds is 4. The molecular formula is C7H14ClNO4. The van der Waals surface area contributed by atoms with Gasteiger partial charge < -0.3 is 15.2 Å². The van der Waals surface area contributed by atoms with Crippen molar-refractivity contribution in [3.63, 3.8) is 0 Å². The molecule has 0 rings (SSSR count). The molecule has 0 amide bonds. The van der Waals surface area contributed by atoms with Gasteiger partial charge in [-0.25, -0.2) is 0 Å². The van der Waals surface area contributed by atoms with Gasteiger partial charge in [-0.05, 0) is 6.42 Å². The minimum absolute atomic E-state index is 0. The van der Waals surface area contributed by atoms with E-state index in [1.54, 1.807) is 0 Å². The lowest BCUT2D eigenvalue weighted by Gasteiger charge is -2.07. The molecule has 1 atom stereocenters. The fraction of sp³-hybridized carbons (Fsp3) is 0.714. The second kappa shape index (κ2) is 7.82. The summed E-state index contributed by atoms with van der Waals surface area (Å²) >= 11 is 0. The van der Waals surface area contributed by atoms with E-state index in [1.165, 1.54) is 14.2 Å². The van der Waals surface area contributed by atoms with Crippen LogP contribution >= 0.6 is 12.4 Å². The van der Waals surface area contributed by atoms with E-state index in [1.807, 2.05) is 0 Å². The van der Waals surface area contributed by atoms with Gasteiger partial charge in [0.15, 0.2) is 0 Å². The van der Waals surface area contributed by atoms with Crippen LogP contribution in [0.2, 0.25) is 0 Å². The zero-order valence-corrected chi connectivity index (χ0v) is 8.43. The highest BCUT2D eigenvalue weighted by Gasteiger charge is 2.14. The molecule has 0 heterocycles. The third-order valence-corrected chi connectivity index (χ3v) is 1.39. The third kappa shape index (κ3) is 6.36. The molecule has 0 aromatic heterocycles. The van der Waals surface area contributed by atoms with E-state index in [2.05, 4.69) is 9.47 Å². The van der Waals surface area contributed by atoms with Gasteiger partial charge in [-0.2, -0.15) is 0 Å². The largest absolute Gasteiger partial charge is 0.469 e. The minimum Gasteiger partial charge on any atom is -0.469 e. The Labute approximate surface area is 83.0 Å². The molecule has 13 heavy (non-hydrogen) atoms. The van der Waals surface area contributed by atoms with Crippen molar-refractivity contribution in [3.05, 3.63) is 0 Å². The van der Waals surface area contributed by atoms with E-state index in [-0.39, 0.29) is 31.2 Å². The Kier molecular flexibility index (Phi) is 8.84. The maximum absolute atomic E-state index is 10.7. The molecule has 0 aromatic rings. The molecule has 6 heteroatoms. The Bertz CT molecular complexity index is 174. The molecule has 0 radical (unpaired) electrons. The Balaban J connectivity index is 0. The van der Waals surface area contributed by atoms with Crippen molar-refractivity contribution in [2.45, 2.75) is 18.9 Å². The van der Waals surface area contributed by atoms with Crippen molar-refractivity contribution in [2.75, 3.05) is 14.2 Å². The molecule has 0 spiro atoms. The molecule has 0 aliphatic rings. The van der Waals surface area contributed by atoms with Crippen LogP contribution in [-0.4, -0.2) is 32.2 Å². The quantitative estimate of drug-likeness (QED) is 0.655. The predicted molar refractivity (Wildman–Crippen MR) is 48.5 cm³/mol. The zero-order valence-electron chi connectivity index (χ0n) is 7.61. The number of hydrogen-bond donors (Lipinski definition) is 1. The highest BCUT2D eigenvalue weighted by atomic mass is 35.5. The lowest BCUT2D eigenvalue weighted by Crippen LogP contribution is -2.32. The number of carbonyl (C=O) groups excluding carboxylic acids is 2. The number of nitrogens with two attached hydrogens (primary N) is 1. The molecule has 1 unspecified atom stereocenters. The maximum Gasteiger partial charge on any atom is 0.322 e. The first kappa shape index (κ1) is 14.7. The molecule has 2 N–H and O–H groups in total. The smallest absolute Gasteiger partial charge is 0.322 e. The van der Waals surface area contributed by atoms with Gasteiger partial charge in [0.2, 0.25) is 0 Å². The average molecular weight is 212 g/mol. The van der Waals surface area contributed by atoms with Gasteiger partial charge in [-0.15, -0.1) is 12.4 Å². The first-order valence-electron chi connectivity index (χ1n) is 3.52. The average Bonchev–Trinajstić information content (AvgIpc) is 2.11. The summed E-state index contributed by atoms with van der Waals surface area (Å²) in [5.41, 5.74) is 5.35. The predicted octanol–water partition coefficient (Wildman–Crippen LogP) is -0.138. The number of ether oxygens (including phenoxy) is 2. The molecule has 0 saturated heterocycles. The van der Waals surface area contributed by atoms with Crippen LogP contribution in [0.25, 0.3) is 0 Å². The van der Waals surface area contributed by atoms with Crippen molar-refractivity contribution in [3.8, 4) is 0 Å². The molecule has 5 nitrogen and oxygen atoms in total. The van der Waals surface area contributed by atoms with Crippen LogP contribution in [0.15, 0.2) is 0 Å². The zero-order chi connectivity index (χ0) is 9.56. The van der Waals surface area contributed by atoms with Crippen molar-refractivity contribution < 1.29 is 19.1 Å². The van der Waals surface area contributed by atoms with Gasteiger partial charge in [0.05, 0.1) is 14.2 Å². The van der Waals surface area contributed by atoms with E-state index < -0.39 is 12.0 Å². The Hall–Kier alpha value is -0.810. The molecular weight excluding hydrogens is 198 g/mol. The van der Waals surface area contributed by atoms with Crippen LogP contribution in [-0.2, 0) is 19.1 Å². The monoisotopic (exact) mass is 211 g/mol. The van der Waals surface area contributed by atoms with Crippen LogP contribution in [0.3, 0.4) is 0 Å². The number of esters is 2. The number of halogens is 1. The molecule has 78 valence electrons. The van der Waals surface area contributed by atoms with Crippen LogP contribution in [0.5, 0.6) is 0 Å². The summed E-state index contributed by atoms with van der Waals surface area (Å²) in [5.74, 6) is -0.895. The van der Waals surface area contributed by atoms with Gasteiger partial charge in [-0.1, -0.05) is 0 Å². The summed E-state index contributed by atoms with van der Waals surface area (Å²) in [6, 6.07) is -0.742. The van der Waals surface area contributed by atoms with Crippen molar-refractivity contribution in [1.29, 1.82) is 0 Å². The van der Waals surface area contributed by atoms with E-state index in [0.717, 1.165) is 0 Å². The maximum atomic E-state index is 10.7.